The minimum Gasteiger partial charge on any atom is -0.487 e. The fraction of sp³-hybridized carbons (Fsp3) is 0.227. The summed E-state index contributed by atoms with van der Waals surface area (Å²) >= 11 is 0. The molecule has 1 amide bonds. The van der Waals surface area contributed by atoms with E-state index in [9.17, 15) is 9.59 Å². The molecule has 0 radical (unpaired) electrons. The molecule has 1 aromatic heterocycles. The molecule has 3 rings (SSSR count). The first-order chi connectivity index (χ1) is 13.5. The van der Waals surface area contributed by atoms with Crippen molar-refractivity contribution in [3.63, 3.8) is 0 Å². The molecule has 0 saturated heterocycles. The molecule has 3 N–H and O–H groups in total. The third-order valence-corrected chi connectivity index (χ3v) is 4.45. The number of hydrogen-bond donors (Lipinski definition) is 2. The van der Waals surface area contributed by atoms with Crippen LogP contribution >= 0.6 is 0 Å². The minimum atomic E-state index is -0.679. The van der Waals surface area contributed by atoms with Gasteiger partial charge in [0.25, 0.3) is 0 Å². The Hall–Kier alpha value is -3.25. The second-order valence-electron chi connectivity index (χ2n) is 6.61. The lowest BCUT2D eigenvalue weighted by molar-refractivity contribution is -0.121. The van der Waals surface area contributed by atoms with Crippen LogP contribution in [-0.2, 0) is 22.6 Å². The largest absolute Gasteiger partial charge is 0.487 e. The molecule has 1 atom stereocenters. The minimum absolute atomic E-state index is 0.119. The van der Waals surface area contributed by atoms with Crippen molar-refractivity contribution in [2.75, 3.05) is 6.54 Å². The van der Waals surface area contributed by atoms with Crippen molar-refractivity contribution in [3.05, 3.63) is 72.1 Å². The van der Waals surface area contributed by atoms with Gasteiger partial charge in [0, 0.05) is 12.2 Å². The van der Waals surface area contributed by atoms with Gasteiger partial charge in [0.2, 0.25) is 5.91 Å². The smallest absolute Gasteiger partial charge is 0.226 e. The topological polar surface area (TPSA) is 94.3 Å². The Labute approximate surface area is 163 Å². The number of hydrogen-bond acceptors (Lipinski definition) is 5. The van der Waals surface area contributed by atoms with Crippen LogP contribution in [0.4, 0.5) is 0 Å². The first-order valence-corrected chi connectivity index (χ1v) is 9.10. The van der Waals surface area contributed by atoms with Gasteiger partial charge in [0.05, 0.1) is 18.7 Å². The Kier molecular flexibility index (Phi) is 6.34. The Bertz CT molecular complexity index is 965. The predicted molar refractivity (Wildman–Crippen MR) is 108 cm³/mol. The van der Waals surface area contributed by atoms with Gasteiger partial charge in [-0.2, -0.15) is 0 Å². The van der Waals surface area contributed by atoms with Crippen LogP contribution in [0.5, 0.6) is 5.75 Å². The molecule has 144 valence electrons. The molecule has 0 unspecified atom stereocenters. The zero-order valence-corrected chi connectivity index (χ0v) is 15.7. The Morgan fingerprint density at radius 1 is 1.11 bits per heavy atom. The maximum Gasteiger partial charge on any atom is 0.226 e. The standard InChI is InChI=1S/C22H23N3O3/c1-15(26)21(23)13-25-22(27)11-18-9-10-19(12-24-18)28-14-17-7-4-6-16-5-2-3-8-20(16)17/h2-10,12,21H,11,13-14,23H2,1H3,(H,25,27)/t21-/m0/s1. The second-order valence-corrected chi connectivity index (χ2v) is 6.61. The van der Waals surface area contributed by atoms with Gasteiger partial charge in [-0.3, -0.25) is 14.6 Å². The van der Waals surface area contributed by atoms with Gasteiger partial charge in [0.1, 0.15) is 18.1 Å². The summed E-state index contributed by atoms with van der Waals surface area (Å²) in [6.45, 7) is 1.96. The highest BCUT2D eigenvalue weighted by molar-refractivity contribution is 5.85. The fourth-order valence-electron chi connectivity index (χ4n) is 2.77. The number of aromatic nitrogens is 1. The third kappa shape index (κ3) is 5.14. The Balaban J connectivity index is 1.54. The van der Waals surface area contributed by atoms with Gasteiger partial charge in [-0.25, -0.2) is 0 Å². The number of Topliss-reactive ketones (excluding diaryl/α,β-unsaturated/α-hetero) is 1. The first-order valence-electron chi connectivity index (χ1n) is 9.10. The van der Waals surface area contributed by atoms with Crippen molar-refractivity contribution in [3.8, 4) is 5.75 Å². The summed E-state index contributed by atoms with van der Waals surface area (Å²) in [6.07, 6.45) is 1.73. The fourth-order valence-corrected chi connectivity index (χ4v) is 2.77. The van der Waals surface area contributed by atoms with E-state index in [-0.39, 0.29) is 24.7 Å². The van der Waals surface area contributed by atoms with E-state index in [0.29, 0.717) is 18.1 Å². The lowest BCUT2D eigenvalue weighted by Gasteiger charge is -2.10. The van der Waals surface area contributed by atoms with Gasteiger partial charge in [-0.15, -0.1) is 0 Å². The lowest BCUT2D eigenvalue weighted by Crippen LogP contribution is -2.42. The summed E-state index contributed by atoms with van der Waals surface area (Å²) in [5.41, 5.74) is 7.31. The number of amides is 1. The van der Waals surface area contributed by atoms with E-state index in [1.165, 1.54) is 12.3 Å². The monoisotopic (exact) mass is 377 g/mol. The number of carbonyl (C=O) groups excluding carboxylic acids is 2. The molecule has 6 nitrogen and oxygen atoms in total. The van der Waals surface area contributed by atoms with Gasteiger partial charge in [-0.1, -0.05) is 42.5 Å². The van der Waals surface area contributed by atoms with E-state index >= 15 is 0 Å². The molecule has 2 aromatic carbocycles. The number of benzene rings is 2. The van der Waals surface area contributed by atoms with E-state index in [1.54, 1.807) is 18.3 Å². The summed E-state index contributed by atoms with van der Waals surface area (Å²) in [6, 6.07) is 17.2. The van der Waals surface area contributed by atoms with E-state index in [1.807, 2.05) is 24.3 Å². The molecule has 0 aliphatic heterocycles. The zero-order chi connectivity index (χ0) is 19.9. The lowest BCUT2D eigenvalue weighted by atomic mass is 10.1. The maximum atomic E-state index is 11.9. The predicted octanol–water partition coefficient (Wildman–Crippen LogP) is 2.39. The highest BCUT2D eigenvalue weighted by Gasteiger charge is 2.11. The van der Waals surface area contributed by atoms with Crippen LogP contribution in [0.3, 0.4) is 0 Å². The number of pyridine rings is 1. The van der Waals surface area contributed by atoms with E-state index in [4.69, 9.17) is 10.5 Å². The number of nitrogens with two attached hydrogens (primary N) is 1. The molecule has 0 saturated carbocycles. The Morgan fingerprint density at radius 2 is 1.89 bits per heavy atom. The van der Waals surface area contributed by atoms with E-state index in [2.05, 4.69) is 28.5 Å². The van der Waals surface area contributed by atoms with Gasteiger partial charge in [0.15, 0.2) is 0 Å². The summed E-state index contributed by atoms with van der Waals surface area (Å²) in [7, 11) is 0. The van der Waals surface area contributed by atoms with E-state index < -0.39 is 6.04 Å². The Morgan fingerprint density at radius 3 is 2.64 bits per heavy atom. The van der Waals surface area contributed by atoms with Gasteiger partial charge < -0.3 is 15.8 Å². The molecule has 28 heavy (non-hydrogen) atoms. The molecular weight excluding hydrogens is 354 g/mol. The molecule has 0 aliphatic carbocycles. The summed E-state index contributed by atoms with van der Waals surface area (Å²) in [5.74, 6) is 0.246. The van der Waals surface area contributed by atoms with Gasteiger partial charge in [-0.05, 0) is 35.4 Å². The van der Waals surface area contributed by atoms with Crippen LogP contribution < -0.4 is 15.8 Å². The third-order valence-electron chi connectivity index (χ3n) is 4.45. The van der Waals surface area contributed by atoms with Crippen LogP contribution in [-0.4, -0.2) is 29.3 Å². The van der Waals surface area contributed by atoms with Gasteiger partial charge >= 0.3 is 0 Å². The normalized spacial score (nSPS) is 11.8. The number of ether oxygens (including phenoxy) is 1. The van der Waals surface area contributed by atoms with Crippen LogP contribution in [0.1, 0.15) is 18.2 Å². The SMILES string of the molecule is CC(=O)[C@@H](N)CNC(=O)Cc1ccc(OCc2cccc3ccccc23)cn1. The quantitative estimate of drug-likeness (QED) is 0.629. The van der Waals surface area contributed by atoms with Crippen LogP contribution in [0.2, 0.25) is 0 Å². The highest BCUT2D eigenvalue weighted by atomic mass is 16.5. The first kappa shape index (κ1) is 19.5. The van der Waals surface area contributed by atoms with Crippen molar-refractivity contribution >= 4 is 22.5 Å². The number of ketones is 1. The number of fused-ring (bicyclic) bond motifs is 1. The van der Waals surface area contributed by atoms with Crippen molar-refractivity contribution in [2.45, 2.75) is 26.0 Å². The van der Waals surface area contributed by atoms with Crippen molar-refractivity contribution < 1.29 is 14.3 Å². The molecule has 0 fully saturated rings. The summed E-state index contributed by atoms with van der Waals surface area (Å²) in [5, 5.41) is 4.97. The molecule has 6 heteroatoms. The maximum absolute atomic E-state index is 11.9. The average molecular weight is 377 g/mol. The molecule has 0 aliphatic rings. The number of nitrogens with one attached hydrogen (secondary N) is 1. The second kappa shape index (κ2) is 9.10. The van der Waals surface area contributed by atoms with Crippen molar-refractivity contribution in [2.24, 2.45) is 5.73 Å². The molecule has 0 spiro atoms. The molecule has 3 aromatic rings. The summed E-state index contributed by atoms with van der Waals surface area (Å²) in [4.78, 5) is 27.3. The number of rotatable bonds is 8. The van der Waals surface area contributed by atoms with Crippen LogP contribution in [0.25, 0.3) is 10.8 Å². The average Bonchev–Trinajstić information content (AvgIpc) is 2.71. The highest BCUT2D eigenvalue weighted by Crippen LogP contribution is 2.20. The zero-order valence-electron chi connectivity index (χ0n) is 15.7. The number of carbonyl (C=O) groups is 2. The van der Waals surface area contributed by atoms with Crippen LogP contribution in [0, 0.1) is 0 Å². The molecule has 0 bridgehead atoms. The van der Waals surface area contributed by atoms with E-state index in [0.717, 1.165) is 10.9 Å². The molecular formula is C22H23N3O3. The van der Waals surface area contributed by atoms with Crippen molar-refractivity contribution in [1.82, 2.24) is 10.3 Å². The summed E-state index contributed by atoms with van der Waals surface area (Å²) < 4.78 is 5.85. The van der Waals surface area contributed by atoms with Crippen molar-refractivity contribution in [1.29, 1.82) is 0 Å². The van der Waals surface area contributed by atoms with Crippen LogP contribution in [0.15, 0.2) is 60.8 Å². The molecule has 1 heterocycles. The number of nitrogens with zero attached hydrogens (tertiary/aromatic N) is 1.